The lowest BCUT2D eigenvalue weighted by atomic mass is 10.3. The summed E-state index contributed by atoms with van der Waals surface area (Å²) in [6.07, 6.45) is 4.51. The highest BCUT2D eigenvalue weighted by atomic mass is 15.1. The molecule has 0 unspecified atom stereocenters. The maximum atomic E-state index is 4.13. The molecule has 1 rings (SSSR count). The predicted octanol–water partition coefficient (Wildman–Crippen LogP) is 0.518. The van der Waals surface area contributed by atoms with Gasteiger partial charge in [-0.3, -0.25) is 0 Å². The van der Waals surface area contributed by atoms with Gasteiger partial charge in [0.1, 0.15) is 6.33 Å². The van der Waals surface area contributed by atoms with Crippen molar-refractivity contribution in [3.63, 3.8) is 0 Å². The molecule has 4 nitrogen and oxygen atoms in total. The Bertz CT molecular complexity index is 235. The molecule has 0 aliphatic carbocycles. The van der Waals surface area contributed by atoms with Gasteiger partial charge < -0.3 is 10.2 Å². The van der Waals surface area contributed by atoms with Crippen molar-refractivity contribution in [2.24, 2.45) is 0 Å². The van der Waals surface area contributed by atoms with Crippen molar-refractivity contribution in [1.82, 2.24) is 20.2 Å². The maximum absolute atomic E-state index is 4.13. The third-order valence-electron chi connectivity index (χ3n) is 1.91. The van der Waals surface area contributed by atoms with Crippen LogP contribution in [0.15, 0.2) is 18.6 Å². The molecule has 0 aromatic carbocycles. The van der Waals surface area contributed by atoms with Crippen molar-refractivity contribution >= 4 is 0 Å². The summed E-state index contributed by atoms with van der Waals surface area (Å²) in [5.74, 6) is 0. The Balaban J connectivity index is 2.05. The molecule has 0 fully saturated rings. The van der Waals surface area contributed by atoms with Crippen molar-refractivity contribution in [2.75, 3.05) is 27.2 Å². The Kier molecular flexibility index (Phi) is 5.11. The van der Waals surface area contributed by atoms with Crippen LogP contribution in [0.1, 0.15) is 12.1 Å². The second-order valence-corrected chi connectivity index (χ2v) is 3.53. The molecule has 14 heavy (non-hydrogen) atoms. The first kappa shape index (κ1) is 11.1. The molecule has 0 aliphatic heterocycles. The van der Waals surface area contributed by atoms with Crippen LogP contribution < -0.4 is 5.32 Å². The first-order valence-corrected chi connectivity index (χ1v) is 4.89. The third kappa shape index (κ3) is 4.89. The third-order valence-corrected chi connectivity index (χ3v) is 1.91. The zero-order valence-electron chi connectivity index (χ0n) is 8.90. The molecule has 1 heterocycles. The highest BCUT2D eigenvalue weighted by Gasteiger charge is 1.93. The van der Waals surface area contributed by atoms with Gasteiger partial charge >= 0.3 is 0 Å². The molecule has 1 N–H and O–H groups in total. The van der Waals surface area contributed by atoms with Crippen LogP contribution in [0, 0.1) is 0 Å². The van der Waals surface area contributed by atoms with Crippen LogP contribution in [-0.4, -0.2) is 42.1 Å². The van der Waals surface area contributed by atoms with Crippen molar-refractivity contribution in [3.8, 4) is 0 Å². The Morgan fingerprint density at radius 3 is 2.93 bits per heavy atom. The lowest BCUT2D eigenvalue weighted by Gasteiger charge is -2.09. The van der Waals surface area contributed by atoms with Gasteiger partial charge in [0, 0.05) is 12.7 Å². The van der Waals surface area contributed by atoms with Gasteiger partial charge in [-0.25, -0.2) is 9.97 Å². The van der Waals surface area contributed by atoms with Crippen LogP contribution in [-0.2, 0) is 6.54 Å². The number of nitrogens with zero attached hydrogens (tertiary/aromatic N) is 3. The molecule has 0 saturated carbocycles. The summed E-state index contributed by atoms with van der Waals surface area (Å²) >= 11 is 0. The average Bonchev–Trinajstić information content (AvgIpc) is 2.18. The van der Waals surface area contributed by atoms with Gasteiger partial charge in [0.2, 0.25) is 0 Å². The van der Waals surface area contributed by atoms with Crippen molar-refractivity contribution in [3.05, 3.63) is 24.3 Å². The number of rotatable bonds is 6. The fraction of sp³-hybridized carbons (Fsp3) is 0.600. The minimum absolute atomic E-state index is 0.829. The molecule has 0 bridgehead atoms. The van der Waals surface area contributed by atoms with Gasteiger partial charge in [-0.2, -0.15) is 0 Å². The van der Waals surface area contributed by atoms with Gasteiger partial charge in [0.15, 0.2) is 0 Å². The molecule has 0 saturated heterocycles. The number of hydrogen-bond donors (Lipinski definition) is 1. The minimum Gasteiger partial charge on any atom is -0.311 e. The van der Waals surface area contributed by atoms with Gasteiger partial charge in [0.05, 0.1) is 5.69 Å². The SMILES string of the molecule is CN(C)CCCNCc1ccncn1. The van der Waals surface area contributed by atoms with Crippen molar-refractivity contribution in [1.29, 1.82) is 0 Å². The average molecular weight is 194 g/mol. The topological polar surface area (TPSA) is 41.0 Å². The predicted molar refractivity (Wildman–Crippen MR) is 56.9 cm³/mol. The number of hydrogen-bond acceptors (Lipinski definition) is 4. The normalized spacial score (nSPS) is 10.8. The molecule has 0 atom stereocenters. The van der Waals surface area contributed by atoms with Crippen molar-refractivity contribution < 1.29 is 0 Å². The molecule has 0 aliphatic rings. The maximum Gasteiger partial charge on any atom is 0.115 e. The van der Waals surface area contributed by atoms with Crippen LogP contribution in [0.5, 0.6) is 0 Å². The molecular formula is C10H18N4. The van der Waals surface area contributed by atoms with Gasteiger partial charge in [-0.05, 0) is 39.7 Å². The standard InChI is InChI=1S/C10H18N4/c1-14(2)7-3-5-11-8-10-4-6-12-9-13-10/h4,6,9,11H,3,5,7-8H2,1-2H3. The lowest BCUT2D eigenvalue weighted by Crippen LogP contribution is -2.21. The van der Waals surface area contributed by atoms with E-state index in [0.29, 0.717) is 0 Å². The molecule has 1 aromatic heterocycles. The monoisotopic (exact) mass is 194 g/mol. The molecule has 0 amide bonds. The van der Waals surface area contributed by atoms with E-state index in [2.05, 4.69) is 34.3 Å². The molecular weight excluding hydrogens is 176 g/mol. The lowest BCUT2D eigenvalue weighted by molar-refractivity contribution is 0.394. The van der Waals surface area contributed by atoms with Gasteiger partial charge in [-0.1, -0.05) is 0 Å². The van der Waals surface area contributed by atoms with Crippen molar-refractivity contribution in [2.45, 2.75) is 13.0 Å². The molecule has 1 aromatic rings. The van der Waals surface area contributed by atoms with E-state index in [4.69, 9.17) is 0 Å². The summed E-state index contributed by atoms with van der Waals surface area (Å²) in [6, 6.07) is 1.93. The Labute approximate surface area is 85.4 Å². The fourth-order valence-corrected chi connectivity index (χ4v) is 1.16. The van der Waals surface area contributed by atoms with E-state index in [1.165, 1.54) is 0 Å². The highest BCUT2D eigenvalue weighted by molar-refractivity contribution is 4.96. The van der Waals surface area contributed by atoms with E-state index in [1.807, 2.05) is 6.07 Å². The zero-order chi connectivity index (χ0) is 10.2. The quantitative estimate of drug-likeness (QED) is 0.670. The van der Waals surface area contributed by atoms with E-state index in [-0.39, 0.29) is 0 Å². The molecule has 4 heteroatoms. The summed E-state index contributed by atoms with van der Waals surface area (Å²) in [5, 5.41) is 3.34. The minimum atomic E-state index is 0.829. The van der Waals surface area contributed by atoms with E-state index < -0.39 is 0 Å². The fourth-order valence-electron chi connectivity index (χ4n) is 1.16. The summed E-state index contributed by atoms with van der Waals surface area (Å²) < 4.78 is 0. The van der Waals surface area contributed by atoms with Crippen LogP contribution in [0.25, 0.3) is 0 Å². The Morgan fingerprint density at radius 1 is 1.43 bits per heavy atom. The van der Waals surface area contributed by atoms with Crippen LogP contribution in [0.2, 0.25) is 0 Å². The van der Waals surface area contributed by atoms with E-state index in [9.17, 15) is 0 Å². The summed E-state index contributed by atoms with van der Waals surface area (Å²) in [5.41, 5.74) is 1.05. The molecule has 0 spiro atoms. The largest absolute Gasteiger partial charge is 0.311 e. The summed E-state index contributed by atoms with van der Waals surface area (Å²) in [6.45, 7) is 2.98. The number of aromatic nitrogens is 2. The summed E-state index contributed by atoms with van der Waals surface area (Å²) in [4.78, 5) is 10.2. The van der Waals surface area contributed by atoms with Crippen LogP contribution >= 0.6 is 0 Å². The van der Waals surface area contributed by atoms with E-state index >= 15 is 0 Å². The number of nitrogens with one attached hydrogen (secondary N) is 1. The summed E-state index contributed by atoms with van der Waals surface area (Å²) in [7, 11) is 4.18. The first-order chi connectivity index (χ1) is 6.79. The smallest absolute Gasteiger partial charge is 0.115 e. The Morgan fingerprint density at radius 2 is 2.29 bits per heavy atom. The second kappa shape index (κ2) is 6.45. The van der Waals surface area contributed by atoms with Crippen LogP contribution in [0.3, 0.4) is 0 Å². The molecule has 78 valence electrons. The first-order valence-electron chi connectivity index (χ1n) is 4.89. The van der Waals surface area contributed by atoms with E-state index in [1.54, 1.807) is 12.5 Å². The molecule has 0 radical (unpaired) electrons. The zero-order valence-corrected chi connectivity index (χ0v) is 8.90. The van der Waals surface area contributed by atoms with E-state index in [0.717, 1.165) is 31.7 Å². The van der Waals surface area contributed by atoms with Gasteiger partial charge in [0.25, 0.3) is 0 Å². The Hall–Kier alpha value is -1.00. The second-order valence-electron chi connectivity index (χ2n) is 3.53. The van der Waals surface area contributed by atoms with Gasteiger partial charge in [-0.15, -0.1) is 0 Å². The van der Waals surface area contributed by atoms with Crippen LogP contribution in [0.4, 0.5) is 0 Å². The highest BCUT2D eigenvalue weighted by Crippen LogP contribution is 1.89.